The van der Waals surface area contributed by atoms with Crippen LogP contribution < -0.4 is 5.32 Å². The van der Waals surface area contributed by atoms with E-state index < -0.39 is 0 Å². The van der Waals surface area contributed by atoms with Crippen LogP contribution in [0.5, 0.6) is 0 Å². The Hall–Kier alpha value is -1.35. The number of hydrogen-bond acceptors (Lipinski definition) is 2. The van der Waals surface area contributed by atoms with Gasteiger partial charge in [-0.3, -0.25) is 10.1 Å². The zero-order chi connectivity index (χ0) is 14.9. The van der Waals surface area contributed by atoms with Crippen LogP contribution in [0.4, 0.5) is 0 Å². The summed E-state index contributed by atoms with van der Waals surface area (Å²) in [7, 11) is 0. The quantitative estimate of drug-likeness (QED) is 0.899. The number of carbonyl (C=O) groups is 1. The molecule has 2 unspecified atom stereocenters. The number of carbonyl (C=O) groups excluding carboxylic acids is 1. The standard InChI is InChI=1S/C18H26N2O/c1-3-15-17(21)20(13-18(4-2)11-8-12-18)16(19-15)14-9-6-5-7-10-14/h5-7,9-10,15-16,19H,3-4,8,11-13H2,1-2H3. The Morgan fingerprint density at radius 2 is 1.95 bits per heavy atom. The highest BCUT2D eigenvalue weighted by molar-refractivity contribution is 5.84. The van der Waals surface area contributed by atoms with Gasteiger partial charge in [0.05, 0.1) is 6.04 Å². The lowest BCUT2D eigenvalue weighted by atomic mass is 9.66. The molecule has 1 N–H and O–H groups in total. The third kappa shape index (κ3) is 2.59. The maximum absolute atomic E-state index is 12.7. The summed E-state index contributed by atoms with van der Waals surface area (Å²) in [4.78, 5) is 14.8. The summed E-state index contributed by atoms with van der Waals surface area (Å²) in [5, 5.41) is 3.53. The molecule has 1 heterocycles. The Morgan fingerprint density at radius 3 is 2.48 bits per heavy atom. The van der Waals surface area contributed by atoms with E-state index in [0.717, 1.165) is 13.0 Å². The van der Waals surface area contributed by atoms with Crippen LogP contribution in [0.2, 0.25) is 0 Å². The van der Waals surface area contributed by atoms with E-state index in [-0.39, 0.29) is 18.1 Å². The second-order valence-electron chi connectivity index (χ2n) is 6.61. The van der Waals surface area contributed by atoms with Gasteiger partial charge in [-0.1, -0.05) is 50.6 Å². The van der Waals surface area contributed by atoms with Gasteiger partial charge >= 0.3 is 0 Å². The predicted octanol–water partition coefficient (Wildman–Crippen LogP) is 3.48. The van der Waals surface area contributed by atoms with Gasteiger partial charge in [0.15, 0.2) is 0 Å². The molecule has 2 atom stereocenters. The molecule has 1 saturated carbocycles. The van der Waals surface area contributed by atoms with Crippen molar-refractivity contribution in [2.75, 3.05) is 6.54 Å². The Balaban J connectivity index is 1.84. The van der Waals surface area contributed by atoms with Crippen molar-refractivity contribution in [3.05, 3.63) is 35.9 Å². The third-order valence-electron chi connectivity index (χ3n) is 5.45. The fourth-order valence-electron chi connectivity index (χ4n) is 3.71. The lowest BCUT2D eigenvalue weighted by Crippen LogP contribution is -2.44. The third-order valence-corrected chi connectivity index (χ3v) is 5.45. The van der Waals surface area contributed by atoms with Gasteiger partial charge in [0.1, 0.15) is 6.17 Å². The summed E-state index contributed by atoms with van der Waals surface area (Å²) in [5.41, 5.74) is 1.57. The molecule has 21 heavy (non-hydrogen) atoms. The first-order valence-corrected chi connectivity index (χ1v) is 8.30. The molecule has 3 rings (SSSR count). The van der Waals surface area contributed by atoms with Crippen LogP contribution in [0.1, 0.15) is 57.7 Å². The van der Waals surface area contributed by atoms with E-state index in [1.165, 1.54) is 31.2 Å². The Bertz CT molecular complexity index is 490. The number of nitrogens with zero attached hydrogens (tertiary/aromatic N) is 1. The SMILES string of the molecule is CCC1NC(c2ccccc2)N(CC2(CC)CCC2)C1=O. The first kappa shape index (κ1) is 14.6. The molecule has 1 aliphatic heterocycles. The van der Waals surface area contributed by atoms with Crippen molar-refractivity contribution in [2.45, 2.75) is 58.2 Å². The fraction of sp³-hybridized carbons (Fsp3) is 0.611. The van der Waals surface area contributed by atoms with Gasteiger partial charge in [0.25, 0.3) is 0 Å². The van der Waals surface area contributed by atoms with Gasteiger partial charge in [-0.15, -0.1) is 0 Å². The summed E-state index contributed by atoms with van der Waals surface area (Å²) in [6.07, 6.45) is 5.94. The average molecular weight is 286 g/mol. The van der Waals surface area contributed by atoms with Crippen molar-refractivity contribution < 1.29 is 4.79 Å². The first-order valence-electron chi connectivity index (χ1n) is 8.30. The molecule has 2 aliphatic rings. The molecule has 1 aromatic carbocycles. The van der Waals surface area contributed by atoms with Crippen LogP contribution in [0, 0.1) is 5.41 Å². The van der Waals surface area contributed by atoms with E-state index in [0.29, 0.717) is 5.41 Å². The van der Waals surface area contributed by atoms with Gasteiger partial charge in [-0.05, 0) is 36.7 Å². The zero-order valence-electron chi connectivity index (χ0n) is 13.1. The molecule has 1 aromatic rings. The molecule has 0 radical (unpaired) electrons. The van der Waals surface area contributed by atoms with Crippen molar-refractivity contribution in [3.63, 3.8) is 0 Å². The number of nitrogens with one attached hydrogen (secondary N) is 1. The molecular weight excluding hydrogens is 260 g/mol. The Labute approximate surface area is 127 Å². The van der Waals surface area contributed by atoms with Crippen molar-refractivity contribution in [2.24, 2.45) is 5.41 Å². The molecule has 3 nitrogen and oxygen atoms in total. The minimum atomic E-state index is -0.0239. The van der Waals surface area contributed by atoms with Gasteiger partial charge in [0.2, 0.25) is 5.91 Å². The molecule has 0 spiro atoms. The predicted molar refractivity (Wildman–Crippen MR) is 84.7 cm³/mol. The molecule has 0 bridgehead atoms. The molecule has 2 fully saturated rings. The van der Waals surface area contributed by atoms with Gasteiger partial charge < -0.3 is 4.90 Å². The Kier molecular flexibility index (Phi) is 4.03. The number of rotatable bonds is 5. The highest BCUT2D eigenvalue weighted by Gasteiger charge is 2.44. The molecule has 1 amide bonds. The Morgan fingerprint density at radius 1 is 1.24 bits per heavy atom. The van der Waals surface area contributed by atoms with E-state index >= 15 is 0 Å². The highest BCUT2D eigenvalue weighted by atomic mass is 16.2. The zero-order valence-corrected chi connectivity index (χ0v) is 13.1. The second-order valence-corrected chi connectivity index (χ2v) is 6.61. The van der Waals surface area contributed by atoms with Gasteiger partial charge in [0, 0.05) is 6.54 Å². The first-order chi connectivity index (χ1) is 10.2. The van der Waals surface area contributed by atoms with E-state index in [4.69, 9.17) is 0 Å². The van der Waals surface area contributed by atoms with Crippen LogP contribution in [0.25, 0.3) is 0 Å². The van der Waals surface area contributed by atoms with Crippen LogP contribution in [-0.2, 0) is 4.79 Å². The summed E-state index contributed by atoms with van der Waals surface area (Å²) in [6.45, 7) is 5.26. The van der Waals surface area contributed by atoms with E-state index in [9.17, 15) is 4.79 Å². The van der Waals surface area contributed by atoms with Crippen molar-refractivity contribution in [1.82, 2.24) is 10.2 Å². The van der Waals surface area contributed by atoms with E-state index in [1.54, 1.807) is 0 Å². The number of amides is 1. The van der Waals surface area contributed by atoms with Crippen molar-refractivity contribution in [3.8, 4) is 0 Å². The summed E-state index contributed by atoms with van der Waals surface area (Å²) < 4.78 is 0. The van der Waals surface area contributed by atoms with Crippen LogP contribution in [0.15, 0.2) is 30.3 Å². The van der Waals surface area contributed by atoms with E-state index in [1.807, 2.05) is 6.07 Å². The minimum Gasteiger partial charge on any atom is -0.321 e. The largest absolute Gasteiger partial charge is 0.321 e. The molecule has 1 aliphatic carbocycles. The minimum absolute atomic E-state index is 0.0239. The summed E-state index contributed by atoms with van der Waals surface area (Å²) in [5.74, 6) is 0.283. The van der Waals surface area contributed by atoms with Crippen molar-refractivity contribution in [1.29, 1.82) is 0 Å². The molecule has 1 saturated heterocycles. The summed E-state index contributed by atoms with van der Waals surface area (Å²) in [6, 6.07) is 10.4. The fourth-order valence-corrected chi connectivity index (χ4v) is 3.71. The lowest BCUT2D eigenvalue weighted by molar-refractivity contribution is -0.133. The van der Waals surface area contributed by atoms with Crippen LogP contribution >= 0.6 is 0 Å². The van der Waals surface area contributed by atoms with Crippen LogP contribution in [0.3, 0.4) is 0 Å². The van der Waals surface area contributed by atoms with Crippen molar-refractivity contribution >= 4 is 5.91 Å². The van der Waals surface area contributed by atoms with E-state index in [2.05, 4.69) is 48.3 Å². The molecular formula is C18H26N2O. The number of hydrogen-bond donors (Lipinski definition) is 1. The summed E-state index contributed by atoms with van der Waals surface area (Å²) >= 11 is 0. The van der Waals surface area contributed by atoms with Gasteiger partial charge in [-0.2, -0.15) is 0 Å². The lowest BCUT2D eigenvalue weighted by Gasteiger charge is -2.45. The average Bonchev–Trinajstić information content (AvgIpc) is 2.80. The van der Waals surface area contributed by atoms with Gasteiger partial charge in [-0.25, -0.2) is 0 Å². The topological polar surface area (TPSA) is 32.3 Å². The maximum atomic E-state index is 12.7. The van der Waals surface area contributed by atoms with Crippen LogP contribution in [-0.4, -0.2) is 23.4 Å². The second kappa shape index (κ2) is 5.80. The molecule has 114 valence electrons. The monoisotopic (exact) mass is 286 g/mol. The number of benzene rings is 1. The molecule has 0 aromatic heterocycles. The highest BCUT2D eigenvalue weighted by Crippen LogP contribution is 2.46. The maximum Gasteiger partial charge on any atom is 0.241 e. The smallest absolute Gasteiger partial charge is 0.241 e. The molecule has 3 heteroatoms. The normalized spacial score (nSPS) is 27.7.